The van der Waals surface area contributed by atoms with E-state index in [1.165, 1.54) is 0 Å². The molecule has 3 fully saturated rings. The molecule has 7 nitrogen and oxygen atoms in total. The lowest BCUT2D eigenvalue weighted by Gasteiger charge is -2.35. The van der Waals surface area contributed by atoms with Crippen LogP contribution >= 0.6 is 0 Å². The van der Waals surface area contributed by atoms with Crippen LogP contribution in [0.1, 0.15) is 25.7 Å². The minimum absolute atomic E-state index is 0.0435. The van der Waals surface area contributed by atoms with Crippen molar-refractivity contribution in [2.45, 2.75) is 37.8 Å². The van der Waals surface area contributed by atoms with Gasteiger partial charge in [0.25, 0.3) is 0 Å². The topological polar surface area (TPSA) is 90.5 Å². The molecule has 0 aromatic carbocycles. The van der Waals surface area contributed by atoms with E-state index in [2.05, 4.69) is 16.0 Å². The number of hydrogen-bond donors (Lipinski definition) is 3. The van der Waals surface area contributed by atoms with E-state index in [0.29, 0.717) is 19.6 Å². The average Bonchev–Trinajstić information content (AvgIpc) is 3.33. The summed E-state index contributed by atoms with van der Waals surface area (Å²) in [6.07, 6.45) is 3.65. The number of hydrogen-bond acceptors (Lipinski definition) is 4. The molecule has 0 radical (unpaired) electrons. The van der Waals surface area contributed by atoms with Gasteiger partial charge in [0, 0.05) is 31.6 Å². The van der Waals surface area contributed by atoms with Gasteiger partial charge in [-0.3, -0.25) is 19.7 Å². The van der Waals surface area contributed by atoms with Gasteiger partial charge < -0.3 is 15.5 Å². The summed E-state index contributed by atoms with van der Waals surface area (Å²) in [5, 5.41) is 8.74. The van der Waals surface area contributed by atoms with Crippen molar-refractivity contribution in [3.05, 3.63) is 0 Å². The maximum absolute atomic E-state index is 12.3. The van der Waals surface area contributed by atoms with Gasteiger partial charge >= 0.3 is 0 Å². The van der Waals surface area contributed by atoms with Crippen molar-refractivity contribution in [1.82, 2.24) is 20.9 Å². The van der Waals surface area contributed by atoms with Crippen LogP contribution in [0.5, 0.6) is 0 Å². The Balaban J connectivity index is 1.43. The van der Waals surface area contributed by atoms with E-state index in [1.54, 1.807) is 0 Å². The molecule has 116 valence electrons. The zero-order valence-corrected chi connectivity index (χ0v) is 12.1. The molecule has 3 amide bonds. The number of piperazine rings is 1. The van der Waals surface area contributed by atoms with E-state index in [9.17, 15) is 14.4 Å². The molecule has 1 unspecified atom stereocenters. The number of rotatable bonds is 3. The van der Waals surface area contributed by atoms with Gasteiger partial charge in [0.05, 0.1) is 6.54 Å². The summed E-state index contributed by atoms with van der Waals surface area (Å²) in [5.41, 5.74) is 0. The van der Waals surface area contributed by atoms with Crippen LogP contribution in [0, 0.1) is 5.92 Å². The summed E-state index contributed by atoms with van der Waals surface area (Å²) in [6.45, 7) is 1.89. The first-order chi connectivity index (χ1) is 10.1. The monoisotopic (exact) mass is 294 g/mol. The van der Waals surface area contributed by atoms with Crippen LogP contribution < -0.4 is 16.0 Å². The van der Waals surface area contributed by atoms with E-state index in [0.717, 1.165) is 25.7 Å². The second kappa shape index (κ2) is 6.01. The van der Waals surface area contributed by atoms with Crippen molar-refractivity contribution in [2.24, 2.45) is 5.92 Å². The van der Waals surface area contributed by atoms with Gasteiger partial charge in [-0.25, -0.2) is 0 Å². The fourth-order valence-electron chi connectivity index (χ4n) is 2.87. The molecule has 7 heteroatoms. The lowest BCUT2D eigenvalue weighted by molar-refractivity contribution is -0.136. The summed E-state index contributed by atoms with van der Waals surface area (Å²) in [5.74, 6) is 0.388. The molecule has 3 aliphatic rings. The van der Waals surface area contributed by atoms with Crippen molar-refractivity contribution < 1.29 is 14.4 Å². The first kappa shape index (κ1) is 14.3. The Bertz CT molecular complexity index is 432. The molecule has 0 bridgehead atoms. The van der Waals surface area contributed by atoms with Crippen LogP contribution in [0.2, 0.25) is 0 Å². The minimum atomic E-state index is -0.319. The van der Waals surface area contributed by atoms with E-state index < -0.39 is 0 Å². The van der Waals surface area contributed by atoms with Crippen molar-refractivity contribution in [3.8, 4) is 0 Å². The predicted molar refractivity (Wildman–Crippen MR) is 75.3 cm³/mol. The molecule has 0 aromatic rings. The molecule has 3 rings (SSSR count). The zero-order chi connectivity index (χ0) is 14.8. The number of nitrogens with one attached hydrogen (secondary N) is 3. The molecule has 2 aliphatic heterocycles. The average molecular weight is 294 g/mol. The molecule has 3 N–H and O–H groups in total. The molecule has 1 saturated carbocycles. The normalized spacial score (nSPS) is 27.1. The number of carbonyl (C=O) groups is 3. The number of likely N-dealkylation sites (tertiary alicyclic amines) is 1. The molecule has 0 aromatic heterocycles. The number of nitrogens with zero attached hydrogens (tertiary/aromatic N) is 1. The molecule has 1 aliphatic carbocycles. The Morgan fingerprint density at radius 1 is 1.14 bits per heavy atom. The van der Waals surface area contributed by atoms with Gasteiger partial charge in [0.15, 0.2) is 0 Å². The van der Waals surface area contributed by atoms with Crippen molar-refractivity contribution >= 4 is 17.7 Å². The van der Waals surface area contributed by atoms with Crippen LogP contribution in [-0.4, -0.2) is 60.9 Å². The molecule has 0 spiro atoms. The maximum Gasteiger partial charge on any atom is 0.241 e. The Labute approximate surface area is 123 Å². The Kier molecular flexibility index (Phi) is 4.10. The third-order valence-corrected chi connectivity index (χ3v) is 4.41. The Morgan fingerprint density at radius 3 is 2.43 bits per heavy atom. The predicted octanol–water partition coefficient (Wildman–Crippen LogP) is -1.41. The number of amides is 3. The zero-order valence-electron chi connectivity index (χ0n) is 12.1. The second-order valence-corrected chi connectivity index (χ2v) is 6.12. The summed E-state index contributed by atoms with van der Waals surface area (Å²) in [4.78, 5) is 37.0. The van der Waals surface area contributed by atoms with E-state index in [4.69, 9.17) is 0 Å². The highest BCUT2D eigenvalue weighted by Crippen LogP contribution is 2.29. The van der Waals surface area contributed by atoms with Crippen LogP contribution in [0.25, 0.3) is 0 Å². The smallest absolute Gasteiger partial charge is 0.241 e. The number of piperidine rings is 1. The summed E-state index contributed by atoms with van der Waals surface area (Å²) >= 11 is 0. The molecule has 2 saturated heterocycles. The highest BCUT2D eigenvalue weighted by Gasteiger charge is 2.33. The fourth-order valence-corrected chi connectivity index (χ4v) is 2.87. The molecular weight excluding hydrogens is 272 g/mol. The van der Waals surface area contributed by atoms with Gasteiger partial charge in [-0.2, -0.15) is 0 Å². The second-order valence-electron chi connectivity index (χ2n) is 6.12. The van der Waals surface area contributed by atoms with E-state index in [1.807, 2.05) is 4.90 Å². The lowest BCUT2D eigenvalue weighted by atomic mass is 10.0. The quantitative estimate of drug-likeness (QED) is 0.596. The molecular formula is C14H22N4O3. The third-order valence-electron chi connectivity index (χ3n) is 4.41. The Morgan fingerprint density at radius 2 is 1.86 bits per heavy atom. The van der Waals surface area contributed by atoms with E-state index >= 15 is 0 Å². The highest BCUT2D eigenvalue weighted by atomic mass is 16.2. The summed E-state index contributed by atoms with van der Waals surface area (Å²) in [6, 6.07) is -0.124. The Hall–Kier alpha value is -1.63. The highest BCUT2D eigenvalue weighted by molar-refractivity contribution is 5.87. The van der Waals surface area contributed by atoms with Crippen LogP contribution in [0.3, 0.4) is 0 Å². The first-order valence-corrected chi connectivity index (χ1v) is 7.73. The fraction of sp³-hybridized carbons (Fsp3) is 0.786. The van der Waals surface area contributed by atoms with Gasteiger partial charge in [0.2, 0.25) is 17.7 Å². The molecule has 2 heterocycles. The lowest BCUT2D eigenvalue weighted by Crippen LogP contribution is -2.60. The summed E-state index contributed by atoms with van der Waals surface area (Å²) in [7, 11) is 0. The van der Waals surface area contributed by atoms with Gasteiger partial charge in [-0.1, -0.05) is 0 Å². The van der Waals surface area contributed by atoms with Crippen LogP contribution in [-0.2, 0) is 14.4 Å². The van der Waals surface area contributed by atoms with Gasteiger partial charge in [-0.15, -0.1) is 0 Å². The molecule has 21 heavy (non-hydrogen) atoms. The SMILES string of the molecule is O=C1CNC(C(=O)N2CCC(NC(=O)C3CC3)CC2)CN1. The van der Waals surface area contributed by atoms with Gasteiger partial charge in [-0.05, 0) is 25.7 Å². The summed E-state index contributed by atoms with van der Waals surface area (Å²) < 4.78 is 0. The molecule has 1 atom stereocenters. The van der Waals surface area contributed by atoms with Crippen molar-refractivity contribution in [2.75, 3.05) is 26.2 Å². The standard InChI is InChI=1S/C14H22N4O3/c19-12-8-15-11(7-16-12)14(21)18-5-3-10(4-6-18)17-13(20)9-1-2-9/h9-11,15H,1-8H2,(H,16,19)(H,17,20). The minimum Gasteiger partial charge on any atom is -0.353 e. The van der Waals surface area contributed by atoms with Crippen molar-refractivity contribution in [3.63, 3.8) is 0 Å². The maximum atomic E-state index is 12.3. The van der Waals surface area contributed by atoms with E-state index in [-0.39, 0.29) is 42.3 Å². The third kappa shape index (κ3) is 3.53. The van der Waals surface area contributed by atoms with Gasteiger partial charge in [0.1, 0.15) is 6.04 Å². The largest absolute Gasteiger partial charge is 0.353 e. The first-order valence-electron chi connectivity index (χ1n) is 7.73. The van der Waals surface area contributed by atoms with Crippen LogP contribution in [0.4, 0.5) is 0 Å². The van der Waals surface area contributed by atoms with Crippen LogP contribution in [0.15, 0.2) is 0 Å². The number of carbonyl (C=O) groups excluding carboxylic acids is 3. The van der Waals surface area contributed by atoms with Crippen molar-refractivity contribution in [1.29, 1.82) is 0 Å².